The summed E-state index contributed by atoms with van der Waals surface area (Å²) in [6, 6.07) is 1.96. The molecule has 4 rings (SSSR count). The van der Waals surface area contributed by atoms with E-state index in [0.717, 1.165) is 24.7 Å². The second-order valence-electron chi connectivity index (χ2n) is 6.70. The topological polar surface area (TPSA) is 29.0 Å². The minimum absolute atomic E-state index is 0.466. The molecule has 3 fully saturated rings. The summed E-state index contributed by atoms with van der Waals surface area (Å²) in [6.07, 6.45) is 9.36. The third-order valence-electron chi connectivity index (χ3n) is 4.98. The van der Waals surface area contributed by atoms with E-state index in [2.05, 4.69) is 21.6 Å². The molecule has 2 heterocycles. The van der Waals surface area contributed by atoms with E-state index >= 15 is 0 Å². The van der Waals surface area contributed by atoms with Crippen molar-refractivity contribution in [3.63, 3.8) is 0 Å². The van der Waals surface area contributed by atoms with Crippen molar-refractivity contribution in [2.75, 3.05) is 23.7 Å². The first-order valence-electron chi connectivity index (χ1n) is 8.18. The predicted molar refractivity (Wildman–Crippen MR) is 89.5 cm³/mol. The Morgan fingerprint density at radius 2 is 2.00 bits per heavy atom. The fraction of sp³-hybridized carbons (Fsp3) is 0.750. The largest absolute Gasteiger partial charge is 0.354 e. The van der Waals surface area contributed by atoms with Crippen molar-refractivity contribution in [2.24, 2.45) is 0 Å². The van der Waals surface area contributed by atoms with Crippen LogP contribution >= 0.6 is 23.4 Å². The van der Waals surface area contributed by atoms with E-state index in [1.807, 2.05) is 6.07 Å². The monoisotopic (exact) mass is 323 g/mol. The molecule has 1 aromatic rings. The summed E-state index contributed by atoms with van der Waals surface area (Å²) >= 11 is 8.43. The Balaban J connectivity index is 1.57. The van der Waals surface area contributed by atoms with Gasteiger partial charge in [0.2, 0.25) is 0 Å². The summed E-state index contributed by atoms with van der Waals surface area (Å²) in [7, 11) is 0. The van der Waals surface area contributed by atoms with Crippen molar-refractivity contribution >= 4 is 29.2 Å². The molecule has 3 aliphatic rings. The van der Waals surface area contributed by atoms with Gasteiger partial charge in [-0.25, -0.2) is 9.97 Å². The Bertz CT molecular complexity index is 521. The number of thioether (sulfide) groups is 1. The van der Waals surface area contributed by atoms with Gasteiger partial charge in [-0.3, -0.25) is 0 Å². The summed E-state index contributed by atoms with van der Waals surface area (Å²) in [5.41, 5.74) is 0. The Kier molecular flexibility index (Phi) is 3.78. The van der Waals surface area contributed by atoms with Crippen LogP contribution in [0.4, 0.5) is 5.82 Å². The van der Waals surface area contributed by atoms with Crippen LogP contribution in [0.1, 0.15) is 56.7 Å². The molecule has 0 N–H and O–H groups in total. The van der Waals surface area contributed by atoms with Crippen LogP contribution in [0.25, 0.3) is 0 Å². The van der Waals surface area contributed by atoms with Crippen molar-refractivity contribution in [3.05, 3.63) is 17.0 Å². The Hall–Kier alpha value is -0.480. The lowest BCUT2D eigenvalue weighted by Crippen LogP contribution is -2.48. The SMILES string of the molecule is Clc1cc(N2CCSC3(CCCCC3)C2)nc(C2CC2)n1. The van der Waals surface area contributed by atoms with Gasteiger partial charge in [0, 0.05) is 35.6 Å². The van der Waals surface area contributed by atoms with E-state index in [1.54, 1.807) is 0 Å². The predicted octanol–water partition coefficient (Wildman–Crippen LogP) is 4.26. The average Bonchev–Trinajstić information content (AvgIpc) is 3.32. The molecule has 0 bridgehead atoms. The number of halogens is 1. The van der Waals surface area contributed by atoms with E-state index in [0.29, 0.717) is 15.8 Å². The zero-order valence-corrected chi connectivity index (χ0v) is 13.9. The molecule has 0 aromatic carbocycles. The molecule has 1 aliphatic heterocycles. The van der Waals surface area contributed by atoms with Gasteiger partial charge in [-0.05, 0) is 25.7 Å². The molecule has 0 atom stereocenters. The highest BCUT2D eigenvalue weighted by Gasteiger charge is 2.38. The fourth-order valence-electron chi connectivity index (χ4n) is 3.65. The normalized spacial score (nSPS) is 25.3. The third kappa shape index (κ3) is 3.02. The van der Waals surface area contributed by atoms with Crippen LogP contribution < -0.4 is 4.90 Å². The minimum atomic E-state index is 0.466. The van der Waals surface area contributed by atoms with Crippen LogP contribution in [0.15, 0.2) is 6.07 Å². The smallest absolute Gasteiger partial charge is 0.135 e. The Labute approximate surface area is 135 Å². The van der Waals surface area contributed by atoms with Crippen LogP contribution in [0.3, 0.4) is 0 Å². The summed E-state index contributed by atoms with van der Waals surface area (Å²) in [5.74, 6) is 3.79. The maximum absolute atomic E-state index is 6.24. The fourth-order valence-corrected chi connectivity index (χ4v) is 5.40. The lowest BCUT2D eigenvalue weighted by atomic mass is 9.87. The van der Waals surface area contributed by atoms with Gasteiger partial charge in [-0.2, -0.15) is 11.8 Å². The van der Waals surface area contributed by atoms with Crippen molar-refractivity contribution in [1.82, 2.24) is 9.97 Å². The Morgan fingerprint density at radius 3 is 2.76 bits per heavy atom. The number of hydrogen-bond acceptors (Lipinski definition) is 4. The zero-order chi connectivity index (χ0) is 14.3. The molecular weight excluding hydrogens is 302 g/mol. The van der Waals surface area contributed by atoms with Crippen LogP contribution in [0.2, 0.25) is 5.15 Å². The Morgan fingerprint density at radius 1 is 1.19 bits per heavy atom. The van der Waals surface area contributed by atoms with Crippen LogP contribution in [-0.2, 0) is 0 Å². The van der Waals surface area contributed by atoms with E-state index in [4.69, 9.17) is 16.6 Å². The first kappa shape index (κ1) is 14.1. The van der Waals surface area contributed by atoms with E-state index in [9.17, 15) is 0 Å². The number of nitrogens with zero attached hydrogens (tertiary/aromatic N) is 3. The van der Waals surface area contributed by atoms with Gasteiger partial charge in [0.15, 0.2) is 0 Å². The summed E-state index contributed by atoms with van der Waals surface area (Å²) < 4.78 is 0.466. The van der Waals surface area contributed by atoms with Crippen molar-refractivity contribution in [1.29, 1.82) is 0 Å². The molecular formula is C16H22ClN3S. The maximum atomic E-state index is 6.24. The van der Waals surface area contributed by atoms with Gasteiger partial charge >= 0.3 is 0 Å². The highest BCUT2D eigenvalue weighted by molar-refractivity contribution is 8.00. The molecule has 5 heteroatoms. The number of aromatic nitrogens is 2. The van der Waals surface area contributed by atoms with Crippen LogP contribution in [0, 0.1) is 0 Å². The summed E-state index contributed by atoms with van der Waals surface area (Å²) in [4.78, 5) is 11.7. The number of hydrogen-bond donors (Lipinski definition) is 0. The van der Waals surface area contributed by atoms with Gasteiger partial charge < -0.3 is 4.90 Å². The number of rotatable bonds is 2. The summed E-state index contributed by atoms with van der Waals surface area (Å²) in [6.45, 7) is 2.22. The highest BCUT2D eigenvalue weighted by atomic mass is 35.5. The second-order valence-corrected chi connectivity index (χ2v) is 8.65. The van der Waals surface area contributed by atoms with Gasteiger partial charge in [0.05, 0.1) is 0 Å². The van der Waals surface area contributed by atoms with Gasteiger partial charge in [-0.1, -0.05) is 30.9 Å². The van der Waals surface area contributed by atoms with Crippen molar-refractivity contribution in [3.8, 4) is 0 Å². The molecule has 0 amide bonds. The third-order valence-corrected chi connectivity index (χ3v) is 6.71. The molecule has 1 saturated heterocycles. The maximum Gasteiger partial charge on any atom is 0.135 e. The van der Waals surface area contributed by atoms with Crippen molar-refractivity contribution in [2.45, 2.75) is 55.6 Å². The highest BCUT2D eigenvalue weighted by Crippen LogP contribution is 2.44. The lowest BCUT2D eigenvalue weighted by molar-refractivity contribution is 0.390. The molecule has 1 aromatic heterocycles. The minimum Gasteiger partial charge on any atom is -0.354 e. The van der Waals surface area contributed by atoms with Gasteiger partial charge in [-0.15, -0.1) is 0 Å². The lowest BCUT2D eigenvalue weighted by Gasteiger charge is -2.45. The molecule has 0 radical (unpaired) electrons. The van der Waals surface area contributed by atoms with E-state index in [-0.39, 0.29) is 0 Å². The molecule has 2 saturated carbocycles. The number of anilines is 1. The summed E-state index contributed by atoms with van der Waals surface area (Å²) in [5, 5.41) is 0.609. The molecule has 21 heavy (non-hydrogen) atoms. The first-order valence-corrected chi connectivity index (χ1v) is 9.54. The molecule has 0 unspecified atom stereocenters. The van der Waals surface area contributed by atoms with E-state index in [1.165, 1.54) is 50.7 Å². The standard InChI is InChI=1S/C16H22ClN3S/c17-13-10-14(19-15(18-13)12-4-5-12)20-8-9-21-16(11-20)6-2-1-3-7-16/h10,12H,1-9,11H2. The average molecular weight is 324 g/mol. The van der Waals surface area contributed by atoms with Crippen molar-refractivity contribution < 1.29 is 0 Å². The van der Waals surface area contributed by atoms with Gasteiger partial charge in [0.25, 0.3) is 0 Å². The molecule has 3 nitrogen and oxygen atoms in total. The van der Waals surface area contributed by atoms with Gasteiger partial charge in [0.1, 0.15) is 16.8 Å². The molecule has 1 spiro atoms. The van der Waals surface area contributed by atoms with Crippen LogP contribution in [0.5, 0.6) is 0 Å². The quantitative estimate of drug-likeness (QED) is 0.760. The van der Waals surface area contributed by atoms with Crippen LogP contribution in [-0.4, -0.2) is 33.6 Å². The zero-order valence-electron chi connectivity index (χ0n) is 12.4. The van der Waals surface area contributed by atoms with E-state index < -0.39 is 0 Å². The first-order chi connectivity index (χ1) is 10.2. The molecule has 2 aliphatic carbocycles. The second kappa shape index (κ2) is 5.62. The molecule has 114 valence electrons.